The van der Waals surface area contributed by atoms with Gasteiger partial charge in [-0.3, -0.25) is 0 Å². The summed E-state index contributed by atoms with van der Waals surface area (Å²) in [6.45, 7) is 5.61. The van der Waals surface area contributed by atoms with E-state index in [2.05, 4.69) is 6.58 Å². The maximum atomic E-state index is 10.8. The first-order chi connectivity index (χ1) is 7.41. The summed E-state index contributed by atoms with van der Waals surface area (Å²) in [5.74, 6) is -1.42. The van der Waals surface area contributed by atoms with E-state index in [9.17, 15) is 9.90 Å². The molecule has 0 unspecified atom stereocenters. The summed E-state index contributed by atoms with van der Waals surface area (Å²) in [4.78, 5) is 10.8. The van der Waals surface area contributed by atoms with Gasteiger partial charge in [-0.15, -0.1) is 6.58 Å². The first-order valence-corrected chi connectivity index (χ1v) is 4.88. The van der Waals surface area contributed by atoms with Crippen LogP contribution in [0.1, 0.15) is 35.3 Å². The third-order valence-electron chi connectivity index (χ3n) is 2.25. The van der Waals surface area contributed by atoms with Gasteiger partial charge in [0.2, 0.25) is 0 Å². The maximum Gasteiger partial charge on any atom is 0.339 e. The van der Waals surface area contributed by atoms with Crippen molar-refractivity contribution in [3.63, 3.8) is 0 Å². The van der Waals surface area contributed by atoms with Crippen molar-refractivity contribution in [3.8, 4) is 5.75 Å². The molecule has 0 aromatic heterocycles. The van der Waals surface area contributed by atoms with Gasteiger partial charge < -0.3 is 15.9 Å². The molecule has 0 bridgehead atoms. The lowest BCUT2D eigenvalue weighted by molar-refractivity contribution is 0.0693. The molecule has 0 radical (unpaired) electrons. The number of phenols is 1. The van der Waals surface area contributed by atoms with Crippen LogP contribution in [0.15, 0.2) is 30.4 Å². The average Bonchev–Trinajstić information content (AvgIpc) is 2.16. The second-order valence-corrected chi connectivity index (χ2v) is 3.85. The van der Waals surface area contributed by atoms with Gasteiger partial charge in [-0.25, -0.2) is 4.79 Å². The molecule has 1 rings (SSSR count). The Hall–Kier alpha value is -1.81. The molecule has 0 heterocycles. The minimum atomic E-state index is -1.16. The number of benzene rings is 1. The Labute approximate surface area is 94.0 Å². The van der Waals surface area contributed by atoms with E-state index in [0.717, 1.165) is 5.57 Å². The Balaban J connectivity index is 3.02. The second kappa shape index (κ2) is 4.81. The topological polar surface area (TPSA) is 83.5 Å². The quantitative estimate of drug-likeness (QED) is 0.679. The molecule has 1 aromatic carbocycles. The number of nitrogens with two attached hydrogens (primary N) is 1. The minimum Gasteiger partial charge on any atom is -0.507 e. The number of carbonyl (C=O) groups is 1. The van der Waals surface area contributed by atoms with E-state index in [1.807, 2.05) is 6.92 Å². The van der Waals surface area contributed by atoms with Gasteiger partial charge >= 0.3 is 5.97 Å². The van der Waals surface area contributed by atoms with E-state index in [-0.39, 0.29) is 17.4 Å². The van der Waals surface area contributed by atoms with Crippen molar-refractivity contribution < 1.29 is 15.0 Å². The van der Waals surface area contributed by atoms with Crippen molar-refractivity contribution in [1.82, 2.24) is 0 Å². The van der Waals surface area contributed by atoms with Crippen LogP contribution in [0, 0.1) is 0 Å². The number of hydrogen-bond donors (Lipinski definition) is 3. The molecule has 0 aliphatic rings. The van der Waals surface area contributed by atoms with Crippen LogP contribution in [0.5, 0.6) is 5.75 Å². The summed E-state index contributed by atoms with van der Waals surface area (Å²) in [6, 6.07) is 4.06. The third-order valence-corrected chi connectivity index (χ3v) is 2.25. The van der Waals surface area contributed by atoms with E-state index in [1.54, 1.807) is 6.07 Å². The standard InChI is InChI=1S/C12H15NO3/c1-7(2)5-10(13)8-3-4-11(14)9(6-8)12(15)16/h3-4,6,10,14H,1,5,13H2,2H3,(H,15,16)/t10-/m1/s1. The Kier molecular flexibility index (Phi) is 3.68. The molecule has 0 aliphatic carbocycles. The lowest BCUT2D eigenvalue weighted by Crippen LogP contribution is -2.11. The SMILES string of the molecule is C=C(C)C[C@@H](N)c1ccc(O)c(C(=O)O)c1. The molecule has 1 aromatic rings. The molecule has 0 fully saturated rings. The van der Waals surface area contributed by atoms with Gasteiger partial charge in [-0.1, -0.05) is 11.6 Å². The largest absolute Gasteiger partial charge is 0.507 e. The van der Waals surface area contributed by atoms with Crippen LogP contribution in [-0.4, -0.2) is 16.2 Å². The van der Waals surface area contributed by atoms with Crippen molar-refractivity contribution in [2.24, 2.45) is 5.73 Å². The highest BCUT2D eigenvalue weighted by molar-refractivity contribution is 5.90. The van der Waals surface area contributed by atoms with Gasteiger partial charge in [0.15, 0.2) is 0 Å². The molecule has 4 heteroatoms. The van der Waals surface area contributed by atoms with E-state index >= 15 is 0 Å². The van der Waals surface area contributed by atoms with Gasteiger partial charge in [0.1, 0.15) is 11.3 Å². The van der Waals surface area contributed by atoms with Gasteiger partial charge in [-0.2, -0.15) is 0 Å². The van der Waals surface area contributed by atoms with Crippen LogP contribution in [-0.2, 0) is 0 Å². The molecule has 0 aliphatic heterocycles. The molecular formula is C12H15NO3. The number of rotatable bonds is 4. The van der Waals surface area contributed by atoms with Crippen LogP contribution in [0.3, 0.4) is 0 Å². The third kappa shape index (κ3) is 2.84. The van der Waals surface area contributed by atoms with E-state index in [1.165, 1.54) is 12.1 Å². The van der Waals surface area contributed by atoms with Crippen molar-refractivity contribution in [3.05, 3.63) is 41.5 Å². The number of carboxylic acid groups (broad SMARTS) is 1. The molecule has 0 saturated carbocycles. The van der Waals surface area contributed by atoms with Crippen molar-refractivity contribution >= 4 is 5.97 Å². The fraction of sp³-hybridized carbons (Fsp3) is 0.250. The highest BCUT2D eigenvalue weighted by Gasteiger charge is 2.13. The van der Waals surface area contributed by atoms with Gasteiger partial charge in [0, 0.05) is 6.04 Å². The number of aromatic carboxylic acids is 1. The van der Waals surface area contributed by atoms with Gasteiger partial charge in [0.25, 0.3) is 0 Å². The van der Waals surface area contributed by atoms with Crippen molar-refractivity contribution in [1.29, 1.82) is 0 Å². The molecular weight excluding hydrogens is 206 g/mol. The molecule has 0 saturated heterocycles. The predicted molar refractivity (Wildman–Crippen MR) is 61.4 cm³/mol. The number of hydrogen-bond acceptors (Lipinski definition) is 3. The van der Waals surface area contributed by atoms with Crippen LogP contribution in [0.4, 0.5) is 0 Å². The van der Waals surface area contributed by atoms with E-state index in [4.69, 9.17) is 10.8 Å². The summed E-state index contributed by atoms with van der Waals surface area (Å²) in [5, 5.41) is 18.2. The summed E-state index contributed by atoms with van der Waals surface area (Å²) >= 11 is 0. The zero-order valence-electron chi connectivity index (χ0n) is 9.10. The Morgan fingerprint density at radius 3 is 2.69 bits per heavy atom. The zero-order valence-corrected chi connectivity index (χ0v) is 9.10. The van der Waals surface area contributed by atoms with E-state index in [0.29, 0.717) is 12.0 Å². The van der Waals surface area contributed by atoms with Gasteiger partial charge in [0.05, 0.1) is 0 Å². The van der Waals surface area contributed by atoms with Crippen LogP contribution in [0.2, 0.25) is 0 Å². The first-order valence-electron chi connectivity index (χ1n) is 4.88. The highest BCUT2D eigenvalue weighted by Crippen LogP contribution is 2.24. The molecule has 4 N–H and O–H groups in total. The molecule has 0 amide bonds. The highest BCUT2D eigenvalue weighted by atomic mass is 16.4. The Bertz CT molecular complexity index is 426. The average molecular weight is 221 g/mol. The molecule has 1 atom stereocenters. The molecule has 16 heavy (non-hydrogen) atoms. The van der Waals surface area contributed by atoms with Crippen LogP contribution >= 0.6 is 0 Å². The monoisotopic (exact) mass is 221 g/mol. The molecule has 0 spiro atoms. The summed E-state index contributed by atoms with van der Waals surface area (Å²) in [6.07, 6.45) is 0.587. The van der Waals surface area contributed by atoms with Crippen LogP contribution < -0.4 is 5.73 Å². The van der Waals surface area contributed by atoms with Gasteiger partial charge in [-0.05, 0) is 31.0 Å². The fourth-order valence-corrected chi connectivity index (χ4v) is 1.45. The Morgan fingerprint density at radius 2 is 2.19 bits per heavy atom. The number of aromatic hydroxyl groups is 1. The summed E-state index contributed by atoms with van der Waals surface area (Å²) < 4.78 is 0. The van der Waals surface area contributed by atoms with Crippen molar-refractivity contribution in [2.75, 3.05) is 0 Å². The lowest BCUT2D eigenvalue weighted by atomic mass is 9.99. The zero-order chi connectivity index (χ0) is 12.3. The van der Waals surface area contributed by atoms with Crippen molar-refractivity contribution in [2.45, 2.75) is 19.4 Å². The summed E-state index contributed by atoms with van der Waals surface area (Å²) in [7, 11) is 0. The van der Waals surface area contributed by atoms with Crippen LogP contribution in [0.25, 0.3) is 0 Å². The lowest BCUT2D eigenvalue weighted by Gasteiger charge is -2.13. The second-order valence-electron chi connectivity index (χ2n) is 3.85. The predicted octanol–water partition coefficient (Wildman–Crippen LogP) is 2.06. The Morgan fingerprint density at radius 1 is 1.56 bits per heavy atom. The number of carboxylic acids is 1. The maximum absolute atomic E-state index is 10.8. The summed E-state index contributed by atoms with van der Waals surface area (Å²) in [5.41, 5.74) is 7.36. The first kappa shape index (κ1) is 12.3. The normalized spacial score (nSPS) is 12.1. The van der Waals surface area contributed by atoms with E-state index < -0.39 is 5.97 Å². The minimum absolute atomic E-state index is 0.130. The molecule has 86 valence electrons. The smallest absolute Gasteiger partial charge is 0.339 e. The fourth-order valence-electron chi connectivity index (χ4n) is 1.45. The molecule has 4 nitrogen and oxygen atoms in total.